The molecule has 1 heterocycles. The highest BCUT2D eigenvalue weighted by Gasteiger charge is 2.24. The Hall–Kier alpha value is -3.33. The summed E-state index contributed by atoms with van der Waals surface area (Å²) in [5.41, 5.74) is 4.91. The van der Waals surface area contributed by atoms with Crippen LogP contribution in [-0.2, 0) is 16.2 Å². The van der Waals surface area contributed by atoms with E-state index in [-0.39, 0.29) is 18.6 Å². The molecule has 0 saturated carbocycles. The number of rotatable bonds is 8. The molecular formula is C25H31N5O3. The summed E-state index contributed by atoms with van der Waals surface area (Å²) >= 11 is 0. The maximum absolute atomic E-state index is 12.4. The van der Waals surface area contributed by atoms with E-state index in [1.54, 1.807) is 11.1 Å². The number of carbonyl (C=O) groups is 1. The Bertz CT molecular complexity index is 1130. The molecule has 1 unspecified atom stereocenters. The SMILES string of the molecule is CC(/C(=N\OCc1ccc2cccc(OC(=O)C(C)(C)C)c2n1)c1ccccc1)N(C)NN. The van der Waals surface area contributed by atoms with Crippen molar-refractivity contribution in [2.75, 3.05) is 7.05 Å². The summed E-state index contributed by atoms with van der Waals surface area (Å²) in [5.74, 6) is 5.68. The number of hydrazine groups is 2. The van der Waals surface area contributed by atoms with Crippen LogP contribution in [0.3, 0.4) is 0 Å². The largest absolute Gasteiger partial charge is 0.424 e. The Morgan fingerprint density at radius 3 is 2.52 bits per heavy atom. The van der Waals surface area contributed by atoms with Crippen molar-refractivity contribution in [1.29, 1.82) is 0 Å². The van der Waals surface area contributed by atoms with Gasteiger partial charge < -0.3 is 9.57 Å². The summed E-state index contributed by atoms with van der Waals surface area (Å²) < 4.78 is 5.62. The first-order chi connectivity index (χ1) is 15.7. The lowest BCUT2D eigenvalue weighted by Crippen LogP contribution is -2.48. The van der Waals surface area contributed by atoms with Crippen molar-refractivity contribution in [2.45, 2.75) is 40.3 Å². The van der Waals surface area contributed by atoms with Gasteiger partial charge in [-0.25, -0.2) is 9.99 Å². The number of pyridine rings is 1. The molecule has 1 atom stereocenters. The maximum Gasteiger partial charge on any atom is 0.316 e. The van der Waals surface area contributed by atoms with Gasteiger partial charge in [0.1, 0.15) is 11.2 Å². The molecule has 2 aromatic carbocycles. The van der Waals surface area contributed by atoms with Crippen molar-refractivity contribution in [1.82, 2.24) is 15.5 Å². The third-order valence-corrected chi connectivity index (χ3v) is 5.18. The zero-order chi connectivity index (χ0) is 24.0. The Morgan fingerprint density at radius 2 is 1.85 bits per heavy atom. The van der Waals surface area contributed by atoms with Crippen LogP contribution in [0.2, 0.25) is 0 Å². The average molecular weight is 450 g/mol. The smallest absolute Gasteiger partial charge is 0.316 e. The monoisotopic (exact) mass is 449 g/mol. The number of hydrogen-bond donors (Lipinski definition) is 2. The number of ether oxygens (including phenoxy) is 1. The molecule has 0 fully saturated rings. The highest BCUT2D eigenvalue weighted by Crippen LogP contribution is 2.27. The summed E-state index contributed by atoms with van der Waals surface area (Å²) in [6.45, 7) is 7.57. The summed E-state index contributed by atoms with van der Waals surface area (Å²) in [6.07, 6.45) is 0. The van der Waals surface area contributed by atoms with Crippen LogP contribution in [-0.4, -0.2) is 34.8 Å². The number of nitrogens with two attached hydrogens (primary N) is 1. The third-order valence-electron chi connectivity index (χ3n) is 5.18. The van der Waals surface area contributed by atoms with E-state index in [2.05, 4.69) is 15.7 Å². The van der Waals surface area contributed by atoms with Gasteiger partial charge in [0.25, 0.3) is 0 Å². The number of likely N-dealkylation sites (N-methyl/N-ethyl adjacent to an activating group) is 1. The first-order valence-corrected chi connectivity index (χ1v) is 10.8. The highest BCUT2D eigenvalue weighted by molar-refractivity contribution is 6.03. The topological polar surface area (TPSA) is 102 Å². The number of esters is 1. The number of nitrogens with zero attached hydrogens (tertiary/aromatic N) is 3. The van der Waals surface area contributed by atoms with Crippen LogP contribution in [0.1, 0.15) is 39.0 Å². The van der Waals surface area contributed by atoms with Gasteiger partial charge in [-0.2, -0.15) is 5.53 Å². The molecule has 1 aromatic heterocycles. The number of nitrogens with one attached hydrogen (secondary N) is 1. The van der Waals surface area contributed by atoms with E-state index >= 15 is 0 Å². The molecule has 0 radical (unpaired) electrons. The number of para-hydroxylation sites is 1. The second-order valence-electron chi connectivity index (χ2n) is 8.80. The maximum atomic E-state index is 12.4. The molecule has 0 amide bonds. The molecule has 8 nitrogen and oxygen atoms in total. The normalized spacial score (nSPS) is 13.2. The Morgan fingerprint density at radius 1 is 1.12 bits per heavy atom. The lowest BCUT2D eigenvalue weighted by Gasteiger charge is -2.24. The van der Waals surface area contributed by atoms with Crippen molar-refractivity contribution < 1.29 is 14.4 Å². The molecule has 0 bridgehead atoms. The number of oxime groups is 1. The average Bonchev–Trinajstić information content (AvgIpc) is 2.81. The minimum atomic E-state index is -0.617. The van der Waals surface area contributed by atoms with Crippen LogP contribution < -0.4 is 16.1 Å². The fraction of sp³-hybridized carbons (Fsp3) is 0.320. The molecule has 3 rings (SSSR count). The van der Waals surface area contributed by atoms with Crippen LogP contribution in [0.4, 0.5) is 0 Å². The standard InChI is InChI=1S/C25H31N5O3/c1-17(30(5)29-26)22(18-10-7-6-8-11-18)28-32-16-20-15-14-19-12-9-13-21(23(19)27-20)33-24(31)25(2,3)4/h6-15,17,29H,16,26H2,1-5H3/b28-22+. The van der Waals surface area contributed by atoms with Gasteiger partial charge in [0.15, 0.2) is 12.4 Å². The zero-order valence-corrected chi connectivity index (χ0v) is 19.7. The minimum absolute atomic E-state index is 0.148. The summed E-state index contributed by atoms with van der Waals surface area (Å²) in [7, 11) is 1.83. The van der Waals surface area contributed by atoms with Gasteiger partial charge in [-0.05, 0) is 39.8 Å². The van der Waals surface area contributed by atoms with Crippen molar-refractivity contribution >= 4 is 22.6 Å². The minimum Gasteiger partial charge on any atom is -0.424 e. The molecule has 174 valence electrons. The number of hydrogen-bond acceptors (Lipinski definition) is 8. The van der Waals surface area contributed by atoms with Gasteiger partial charge in [0, 0.05) is 18.0 Å². The predicted octanol–water partition coefficient (Wildman–Crippen LogP) is 3.81. The van der Waals surface area contributed by atoms with Gasteiger partial charge in [0.2, 0.25) is 0 Å². The van der Waals surface area contributed by atoms with E-state index in [0.717, 1.165) is 16.7 Å². The Balaban J connectivity index is 1.84. The van der Waals surface area contributed by atoms with Crippen molar-refractivity contribution in [2.24, 2.45) is 16.4 Å². The second kappa shape index (κ2) is 10.5. The molecule has 8 heteroatoms. The Kier molecular flexibility index (Phi) is 7.75. The number of fused-ring (bicyclic) bond motifs is 1. The van der Waals surface area contributed by atoms with E-state index in [0.29, 0.717) is 17.0 Å². The van der Waals surface area contributed by atoms with Gasteiger partial charge >= 0.3 is 5.97 Å². The molecule has 33 heavy (non-hydrogen) atoms. The van der Waals surface area contributed by atoms with Crippen LogP contribution in [0.25, 0.3) is 10.9 Å². The van der Waals surface area contributed by atoms with Crippen LogP contribution in [0.15, 0.2) is 65.8 Å². The van der Waals surface area contributed by atoms with Crippen molar-refractivity contribution in [3.63, 3.8) is 0 Å². The molecular weight excluding hydrogens is 418 g/mol. The van der Waals surface area contributed by atoms with Crippen molar-refractivity contribution in [3.8, 4) is 5.75 Å². The first-order valence-electron chi connectivity index (χ1n) is 10.8. The molecule has 0 saturated heterocycles. The Labute approximate surface area is 194 Å². The van der Waals surface area contributed by atoms with Gasteiger partial charge in [-0.1, -0.05) is 53.7 Å². The number of carbonyl (C=O) groups excluding carboxylic acids is 1. The van der Waals surface area contributed by atoms with Gasteiger partial charge in [0.05, 0.1) is 17.2 Å². The van der Waals surface area contributed by atoms with Gasteiger partial charge in [-0.15, -0.1) is 0 Å². The second-order valence-corrected chi connectivity index (χ2v) is 8.80. The molecule has 0 aliphatic carbocycles. The molecule has 0 aliphatic heterocycles. The fourth-order valence-corrected chi connectivity index (χ4v) is 3.02. The van der Waals surface area contributed by atoms with Crippen LogP contribution in [0, 0.1) is 5.41 Å². The molecule has 0 aliphatic rings. The van der Waals surface area contributed by atoms with Crippen LogP contribution >= 0.6 is 0 Å². The summed E-state index contributed by atoms with van der Waals surface area (Å²) in [4.78, 5) is 22.7. The van der Waals surface area contributed by atoms with E-state index in [1.807, 2.05) is 89.3 Å². The van der Waals surface area contributed by atoms with Crippen LogP contribution in [0.5, 0.6) is 5.75 Å². The number of aromatic nitrogens is 1. The third kappa shape index (κ3) is 6.13. The van der Waals surface area contributed by atoms with E-state index in [4.69, 9.17) is 15.4 Å². The first kappa shape index (κ1) is 24.3. The molecule has 0 spiro atoms. The lowest BCUT2D eigenvalue weighted by molar-refractivity contribution is -0.142. The van der Waals surface area contributed by atoms with E-state index in [9.17, 15) is 4.79 Å². The molecule has 3 aromatic rings. The summed E-state index contributed by atoms with van der Waals surface area (Å²) in [6, 6.07) is 18.9. The van der Waals surface area contributed by atoms with E-state index < -0.39 is 5.41 Å². The lowest BCUT2D eigenvalue weighted by atomic mass is 9.97. The van der Waals surface area contributed by atoms with Gasteiger partial charge in [-0.3, -0.25) is 10.6 Å². The number of benzene rings is 2. The zero-order valence-electron chi connectivity index (χ0n) is 19.7. The summed E-state index contributed by atoms with van der Waals surface area (Å²) in [5, 5.41) is 7.00. The van der Waals surface area contributed by atoms with E-state index in [1.165, 1.54) is 0 Å². The quantitative estimate of drug-likeness (QED) is 0.177. The highest BCUT2D eigenvalue weighted by atomic mass is 16.6. The predicted molar refractivity (Wildman–Crippen MR) is 129 cm³/mol. The molecule has 3 N–H and O–H groups in total. The fourth-order valence-electron chi connectivity index (χ4n) is 3.02. The van der Waals surface area contributed by atoms with Crippen molar-refractivity contribution in [3.05, 3.63) is 71.9 Å².